The van der Waals surface area contributed by atoms with Crippen molar-refractivity contribution in [2.45, 2.75) is 6.04 Å². The molecule has 90 valence electrons. The Bertz CT molecular complexity index is 600. The van der Waals surface area contributed by atoms with Gasteiger partial charge in [-0.15, -0.1) is 0 Å². The van der Waals surface area contributed by atoms with Crippen molar-refractivity contribution in [2.75, 3.05) is 7.05 Å². The Morgan fingerprint density at radius 1 is 1.35 bits per heavy atom. The molecular formula is C10H13N5O2. The molecule has 1 unspecified atom stereocenters. The van der Waals surface area contributed by atoms with Crippen LogP contribution in [-0.4, -0.2) is 22.9 Å². The minimum Gasteiger partial charge on any atom is -0.316 e. The summed E-state index contributed by atoms with van der Waals surface area (Å²) in [5, 5.41) is 0. The molecule has 7 heteroatoms. The smallest absolute Gasteiger partial charge is 0.316 e. The monoisotopic (exact) mass is 235 g/mol. The molecule has 1 aromatic carbocycles. The number of nitrogens with two attached hydrogens (primary N) is 1. The van der Waals surface area contributed by atoms with Crippen molar-refractivity contribution in [3.05, 3.63) is 34.2 Å². The molecule has 0 bridgehead atoms. The van der Waals surface area contributed by atoms with Gasteiger partial charge in [0.2, 0.25) is 0 Å². The van der Waals surface area contributed by atoms with E-state index >= 15 is 0 Å². The number of carbonyl (C=O) groups excluding carboxylic acids is 1. The average molecular weight is 235 g/mol. The van der Waals surface area contributed by atoms with Crippen molar-refractivity contribution in [3.8, 4) is 0 Å². The number of benzene rings is 1. The van der Waals surface area contributed by atoms with Gasteiger partial charge in [0, 0.05) is 7.05 Å². The molecule has 0 fully saturated rings. The van der Waals surface area contributed by atoms with Crippen molar-refractivity contribution < 1.29 is 4.79 Å². The topological polar surface area (TPSA) is 116 Å². The number of imidazole rings is 1. The first-order chi connectivity index (χ1) is 8.11. The molecule has 1 aromatic heterocycles. The molecular weight excluding hydrogens is 222 g/mol. The molecule has 1 amide bonds. The molecule has 1 atom stereocenters. The minimum atomic E-state index is -0.787. The van der Waals surface area contributed by atoms with Crippen LogP contribution in [0, 0.1) is 0 Å². The SMILES string of the molecule is CNNC(=O)C(N)c1ccc2[nH]c(=O)[nH]c2c1. The highest BCUT2D eigenvalue weighted by molar-refractivity contribution is 5.84. The zero-order chi connectivity index (χ0) is 12.4. The Labute approximate surface area is 96.4 Å². The Morgan fingerprint density at radius 2 is 2.06 bits per heavy atom. The summed E-state index contributed by atoms with van der Waals surface area (Å²) in [6.45, 7) is 0. The van der Waals surface area contributed by atoms with Crippen molar-refractivity contribution >= 4 is 16.9 Å². The van der Waals surface area contributed by atoms with Crippen molar-refractivity contribution in [2.24, 2.45) is 5.73 Å². The van der Waals surface area contributed by atoms with E-state index in [1.807, 2.05) is 0 Å². The van der Waals surface area contributed by atoms with Crippen LogP contribution in [0.1, 0.15) is 11.6 Å². The Hall–Kier alpha value is -2.12. The van der Waals surface area contributed by atoms with Gasteiger partial charge < -0.3 is 15.7 Å². The van der Waals surface area contributed by atoms with Crippen LogP contribution in [0.5, 0.6) is 0 Å². The normalized spacial score (nSPS) is 12.6. The molecule has 7 nitrogen and oxygen atoms in total. The molecule has 0 aliphatic heterocycles. The van der Waals surface area contributed by atoms with Gasteiger partial charge in [-0.2, -0.15) is 0 Å². The minimum absolute atomic E-state index is 0.287. The fourth-order valence-corrected chi connectivity index (χ4v) is 1.60. The fraction of sp³-hybridized carbons (Fsp3) is 0.200. The standard InChI is InChI=1S/C10H13N5O2/c1-12-15-9(16)8(11)5-2-3-6-7(4-5)14-10(17)13-6/h2-4,8,12H,11H2,1H3,(H,15,16)(H2,13,14,17). The van der Waals surface area contributed by atoms with Gasteiger partial charge in [-0.25, -0.2) is 10.2 Å². The molecule has 0 aliphatic rings. The summed E-state index contributed by atoms with van der Waals surface area (Å²) in [4.78, 5) is 27.8. The zero-order valence-electron chi connectivity index (χ0n) is 9.20. The van der Waals surface area contributed by atoms with Gasteiger partial charge in [0.1, 0.15) is 6.04 Å². The van der Waals surface area contributed by atoms with Crippen LogP contribution in [0.3, 0.4) is 0 Å². The Morgan fingerprint density at radius 3 is 2.76 bits per heavy atom. The van der Waals surface area contributed by atoms with Crippen LogP contribution in [0.4, 0.5) is 0 Å². The van der Waals surface area contributed by atoms with Crippen LogP contribution < -0.4 is 22.3 Å². The highest BCUT2D eigenvalue weighted by Gasteiger charge is 2.15. The number of hydrogen-bond donors (Lipinski definition) is 5. The van der Waals surface area contributed by atoms with Gasteiger partial charge >= 0.3 is 5.69 Å². The lowest BCUT2D eigenvalue weighted by Gasteiger charge is -2.11. The molecule has 2 rings (SSSR count). The number of nitrogens with one attached hydrogen (secondary N) is 4. The van der Waals surface area contributed by atoms with E-state index in [-0.39, 0.29) is 11.6 Å². The van der Waals surface area contributed by atoms with E-state index in [0.717, 1.165) is 0 Å². The first-order valence-electron chi connectivity index (χ1n) is 5.06. The van der Waals surface area contributed by atoms with E-state index in [1.54, 1.807) is 25.2 Å². The predicted octanol–water partition coefficient (Wildman–Crippen LogP) is -0.893. The second-order valence-electron chi connectivity index (χ2n) is 3.60. The van der Waals surface area contributed by atoms with Crippen LogP contribution in [-0.2, 0) is 4.79 Å². The highest BCUT2D eigenvalue weighted by Crippen LogP contribution is 2.15. The quantitative estimate of drug-likeness (QED) is 0.443. The van der Waals surface area contributed by atoms with Gasteiger partial charge in [0.25, 0.3) is 5.91 Å². The zero-order valence-corrected chi connectivity index (χ0v) is 9.20. The number of aromatic nitrogens is 2. The first-order valence-corrected chi connectivity index (χ1v) is 5.06. The van der Waals surface area contributed by atoms with Gasteiger partial charge in [0.05, 0.1) is 11.0 Å². The average Bonchev–Trinajstić information content (AvgIpc) is 2.67. The summed E-state index contributed by atoms with van der Waals surface area (Å²) in [6, 6.07) is 4.29. The maximum Gasteiger partial charge on any atom is 0.323 e. The molecule has 2 aromatic rings. The largest absolute Gasteiger partial charge is 0.323 e. The van der Waals surface area contributed by atoms with Crippen molar-refractivity contribution in [3.63, 3.8) is 0 Å². The molecule has 6 N–H and O–H groups in total. The molecule has 0 radical (unpaired) electrons. The number of fused-ring (bicyclic) bond motifs is 1. The van der Waals surface area contributed by atoms with Gasteiger partial charge in [-0.1, -0.05) is 6.07 Å². The summed E-state index contributed by atoms with van der Waals surface area (Å²) in [6.07, 6.45) is 0. The molecule has 17 heavy (non-hydrogen) atoms. The third-order valence-corrected chi connectivity index (χ3v) is 2.43. The molecule has 0 saturated carbocycles. The second-order valence-corrected chi connectivity index (χ2v) is 3.60. The molecule has 1 heterocycles. The lowest BCUT2D eigenvalue weighted by atomic mass is 10.1. The van der Waals surface area contributed by atoms with Gasteiger partial charge in [0.15, 0.2) is 0 Å². The fourth-order valence-electron chi connectivity index (χ4n) is 1.60. The predicted molar refractivity (Wildman–Crippen MR) is 63.1 cm³/mol. The summed E-state index contributed by atoms with van der Waals surface area (Å²) in [7, 11) is 1.58. The lowest BCUT2D eigenvalue weighted by molar-refractivity contribution is -0.123. The first kappa shape index (κ1) is 11.4. The summed E-state index contributed by atoms with van der Waals surface area (Å²) < 4.78 is 0. The van der Waals surface area contributed by atoms with Crippen LogP contribution in [0.2, 0.25) is 0 Å². The Balaban J connectivity index is 2.35. The number of aromatic amines is 2. The maximum atomic E-state index is 11.5. The maximum absolute atomic E-state index is 11.5. The second kappa shape index (κ2) is 4.40. The number of amides is 1. The number of hydrazine groups is 1. The van der Waals surface area contributed by atoms with Crippen LogP contribution in [0.25, 0.3) is 11.0 Å². The van der Waals surface area contributed by atoms with Crippen molar-refractivity contribution in [1.82, 2.24) is 20.8 Å². The van der Waals surface area contributed by atoms with Crippen LogP contribution in [0.15, 0.2) is 23.0 Å². The highest BCUT2D eigenvalue weighted by atomic mass is 16.2. The third-order valence-electron chi connectivity index (χ3n) is 2.43. The van der Waals surface area contributed by atoms with Crippen molar-refractivity contribution in [1.29, 1.82) is 0 Å². The third kappa shape index (κ3) is 2.19. The lowest BCUT2D eigenvalue weighted by Crippen LogP contribution is -2.40. The Kier molecular flexibility index (Phi) is 2.94. The molecule has 0 spiro atoms. The van der Waals surface area contributed by atoms with E-state index in [2.05, 4.69) is 20.8 Å². The van der Waals surface area contributed by atoms with E-state index in [9.17, 15) is 9.59 Å². The van der Waals surface area contributed by atoms with E-state index in [4.69, 9.17) is 5.73 Å². The van der Waals surface area contributed by atoms with E-state index < -0.39 is 6.04 Å². The van der Waals surface area contributed by atoms with Crippen LogP contribution >= 0.6 is 0 Å². The number of H-pyrrole nitrogens is 2. The van der Waals surface area contributed by atoms with Gasteiger partial charge in [-0.05, 0) is 17.7 Å². The summed E-state index contributed by atoms with van der Waals surface area (Å²) in [5.74, 6) is -0.343. The van der Waals surface area contributed by atoms with E-state index in [1.165, 1.54) is 0 Å². The molecule has 0 aliphatic carbocycles. The summed E-state index contributed by atoms with van der Waals surface area (Å²) in [5.41, 5.74) is 12.3. The summed E-state index contributed by atoms with van der Waals surface area (Å²) >= 11 is 0. The number of carbonyl (C=O) groups is 1. The van der Waals surface area contributed by atoms with Gasteiger partial charge in [-0.3, -0.25) is 10.2 Å². The number of hydrogen-bond acceptors (Lipinski definition) is 4. The molecule has 0 saturated heterocycles. The number of rotatable bonds is 3. The van der Waals surface area contributed by atoms with E-state index in [0.29, 0.717) is 16.6 Å².